The third kappa shape index (κ3) is 2.33. The fourth-order valence-corrected chi connectivity index (χ4v) is 3.60. The van der Waals surface area contributed by atoms with Crippen LogP contribution in [0.2, 0.25) is 5.02 Å². The van der Waals surface area contributed by atoms with Gasteiger partial charge < -0.3 is 14.4 Å². The molecule has 3 atom stereocenters. The molecule has 2 aliphatic rings. The van der Waals surface area contributed by atoms with E-state index in [4.69, 9.17) is 26.3 Å². The lowest BCUT2D eigenvalue weighted by atomic mass is 9.86. The monoisotopic (exact) mass is 320 g/mol. The number of methoxy groups -OCH3 is 1. The van der Waals surface area contributed by atoms with E-state index in [0.717, 1.165) is 12.0 Å². The molecule has 0 aliphatic carbocycles. The van der Waals surface area contributed by atoms with Gasteiger partial charge in [-0.1, -0.05) is 17.7 Å². The minimum Gasteiger partial charge on any atom is -0.488 e. The Morgan fingerprint density at radius 3 is 3.05 bits per heavy atom. The van der Waals surface area contributed by atoms with Gasteiger partial charge in [0.15, 0.2) is 0 Å². The van der Waals surface area contributed by atoms with Crippen molar-refractivity contribution in [3.8, 4) is 11.8 Å². The highest BCUT2D eigenvalue weighted by Crippen LogP contribution is 2.47. The van der Waals surface area contributed by atoms with Crippen LogP contribution in [-0.2, 0) is 9.53 Å². The first kappa shape index (κ1) is 15.1. The number of benzene rings is 1. The molecule has 0 radical (unpaired) electrons. The lowest BCUT2D eigenvalue weighted by Crippen LogP contribution is -2.50. The lowest BCUT2D eigenvalue weighted by Gasteiger charge is -2.39. The highest BCUT2D eigenvalue weighted by atomic mass is 35.5. The minimum atomic E-state index is -0.0124. The first-order chi connectivity index (χ1) is 10.6. The average molecular weight is 321 g/mol. The second-order valence-corrected chi connectivity index (χ2v) is 6.16. The van der Waals surface area contributed by atoms with Gasteiger partial charge in [-0.05, 0) is 13.0 Å². The van der Waals surface area contributed by atoms with Gasteiger partial charge in [0.25, 0.3) is 0 Å². The van der Waals surface area contributed by atoms with Crippen LogP contribution in [0.25, 0.3) is 0 Å². The maximum Gasteiger partial charge on any atom is 0.248 e. The van der Waals surface area contributed by atoms with Crippen LogP contribution in [-0.4, -0.2) is 43.2 Å². The zero-order valence-electron chi connectivity index (χ0n) is 12.5. The summed E-state index contributed by atoms with van der Waals surface area (Å²) in [6, 6.07) is 5.76. The zero-order chi connectivity index (χ0) is 15.9. The quantitative estimate of drug-likeness (QED) is 0.839. The topological polar surface area (TPSA) is 62.6 Å². The molecule has 1 saturated heterocycles. The van der Waals surface area contributed by atoms with E-state index < -0.39 is 0 Å². The molecule has 3 rings (SSSR count). The van der Waals surface area contributed by atoms with Gasteiger partial charge in [-0.2, -0.15) is 5.26 Å². The molecule has 2 aliphatic heterocycles. The maximum atomic E-state index is 12.2. The molecule has 0 saturated carbocycles. The van der Waals surface area contributed by atoms with Crippen LogP contribution in [0, 0.1) is 11.3 Å². The summed E-state index contributed by atoms with van der Waals surface area (Å²) < 4.78 is 10.9. The molecule has 1 aromatic carbocycles. The van der Waals surface area contributed by atoms with Gasteiger partial charge in [-0.25, -0.2) is 0 Å². The van der Waals surface area contributed by atoms with Crippen LogP contribution in [0.1, 0.15) is 30.4 Å². The van der Waals surface area contributed by atoms with E-state index in [1.54, 1.807) is 6.07 Å². The van der Waals surface area contributed by atoms with Gasteiger partial charge in [0.2, 0.25) is 5.91 Å². The Balaban J connectivity index is 1.90. The summed E-state index contributed by atoms with van der Waals surface area (Å²) in [6.07, 6.45) is 0.746. The van der Waals surface area contributed by atoms with Crippen molar-refractivity contribution >= 4 is 17.5 Å². The summed E-state index contributed by atoms with van der Waals surface area (Å²) in [7, 11) is 1.52. The Labute approximate surface area is 134 Å². The summed E-state index contributed by atoms with van der Waals surface area (Å²) in [4.78, 5) is 14.0. The molecule has 6 heteroatoms. The number of nitrogens with zero attached hydrogens (tertiary/aromatic N) is 2. The van der Waals surface area contributed by atoms with Crippen molar-refractivity contribution in [2.24, 2.45) is 0 Å². The summed E-state index contributed by atoms with van der Waals surface area (Å²) in [5, 5.41) is 9.44. The predicted molar refractivity (Wildman–Crippen MR) is 81.0 cm³/mol. The van der Waals surface area contributed by atoms with Gasteiger partial charge in [-0.3, -0.25) is 4.79 Å². The molecular formula is C16H17ClN2O3. The lowest BCUT2D eigenvalue weighted by molar-refractivity contribution is -0.140. The van der Waals surface area contributed by atoms with Crippen LogP contribution < -0.4 is 4.74 Å². The molecule has 2 unspecified atom stereocenters. The molecule has 116 valence electrons. The van der Waals surface area contributed by atoms with E-state index in [1.165, 1.54) is 7.11 Å². The van der Waals surface area contributed by atoms with Crippen molar-refractivity contribution in [1.82, 2.24) is 4.90 Å². The number of piperidine rings is 1. The van der Waals surface area contributed by atoms with Crippen molar-refractivity contribution in [3.63, 3.8) is 0 Å². The number of likely N-dealkylation sites (tertiary alicyclic amines) is 1. The largest absolute Gasteiger partial charge is 0.488 e. The van der Waals surface area contributed by atoms with E-state index in [1.807, 2.05) is 17.9 Å². The Kier molecular flexibility index (Phi) is 3.98. The molecule has 0 N–H and O–H groups in total. The first-order valence-corrected chi connectivity index (χ1v) is 7.62. The fourth-order valence-electron chi connectivity index (χ4n) is 3.34. The van der Waals surface area contributed by atoms with Gasteiger partial charge in [0, 0.05) is 37.6 Å². The Morgan fingerprint density at radius 1 is 1.59 bits per heavy atom. The van der Waals surface area contributed by atoms with Gasteiger partial charge >= 0.3 is 0 Å². The second kappa shape index (κ2) is 5.79. The molecule has 5 nitrogen and oxygen atoms in total. The van der Waals surface area contributed by atoms with Crippen LogP contribution in [0.3, 0.4) is 0 Å². The molecular weight excluding hydrogens is 304 g/mol. The minimum absolute atomic E-state index is 0.00281. The second-order valence-electron chi connectivity index (χ2n) is 5.78. The van der Waals surface area contributed by atoms with E-state index in [0.29, 0.717) is 22.9 Å². The van der Waals surface area contributed by atoms with E-state index >= 15 is 0 Å². The molecule has 1 amide bonds. The van der Waals surface area contributed by atoms with Crippen LogP contribution >= 0.6 is 11.6 Å². The van der Waals surface area contributed by atoms with Gasteiger partial charge in [0.05, 0.1) is 5.56 Å². The fraction of sp³-hybridized carbons (Fsp3) is 0.500. The zero-order valence-corrected chi connectivity index (χ0v) is 13.3. The van der Waals surface area contributed by atoms with Gasteiger partial charge in [-0.15, -0.1) is 0 Å². The van der Waals surface area contributed by atoms with Crippen molar-refractivity contribution in [2.45, 2.75) is 31.4 Å². The molecule has 0 aromatic heterocycles. The molecule has 1 fully saturated rings. The Bertz CT molecular complexity index is 656. The summed E-state index contributed by atoms with van der Waals surface area (Å²) in [5.74, 6) is 0.683. The Hall–Kier alpha value is -1.77. The number of hydrogen-bond donors (Lipinski definition) is 0. The number of rotatable bonds is 2. The average Bonchev–Trinajstić information content (AvgIpc) is 2.85. The summed E-state index contributed by atoms with van der Waals surface area (Å²) in [6.45, 7) is 2.69. The maximum absolute atomic E-state index is 12.2. The predicted octanol–water partition coefficient (Wildman–Crippen LogP) is 2.32. The normalized spacial score (nSPS) is 25.9. The molecule has 0 spiro atoms. The van der Waals surface area contributed by atoms with E-state index in [-0.39, 0.29) is 30.6 Å². The van der Waals surface area contributed by atoms with Gasteiger partial charge in [0.1, 0.15) is 29.6 Å². The van der Waals surface area contributed by atoms with Crippen molar-refractivity contribution in [1.29, 1.82) is 5.26 Å². The number of carbonyl (C=O) groups excluding carboxylic acids is 1. The summed E-state index contributed by atoms with van der Waals surface area (Å²) >= 11 is 6.26. The number of halogens is 1. The number of fused-ring (bicyclic) bond motifs is 3. The smallest absolute Gasteiger partial charge is 0.248 e. The number of ether oxygens (including phenoxy) is 2. The van der Waals surface area contributed by atoms with Crippen molar-refractivity contribution in [2.75, 3.05) is 20.3 Å². The molecule has 0 bridgehead atoms. The molecule has 1 aromatic rings. The van der Waals surface area contributed by atoms with Crippen LogP contribution in [0.5, 0.6) is 5.75 Å². The number of hydrogen-bond acceptors (Lipinski definition) is 4. The third-order valence-electron chi connectivity index (χ3n) is 4.45. The van der Waals surface area contributed by atoms with Crippen LogP contribution in [0.4, 0.5) is 0 Å². The molecule has 22 heavy (non-hydrogen) atoms. The summed E-state index contributed by atoms with van der Waals surface area (Å²) in [5.41, 5.74) is 1.40. The van der Waals surface area contributed by atoms with E-state index in [2.05, 4.69) is 6.07 Å². The SMILES string of the molecule is COCC(=O)N1CC2c3ccc(C#N)c(Cl)c3OC2C[C@H]1C. The standard InChI is InChI=1S/C16H17ClN2O3/c1-9-5-13-12(7-19(9)14(20)8-21-2)11-4-3-10(6-18)15(17)16(11)22-13/h3-4,9,12-13H,5,7-8H2,1-2H3/t9-,12?,13?/m1/s1. The highest BCUT2D eigenvalue weighted by Gasteiger charge is 2.43. The van der Waals surface area contributed by atoms with Crippen molar-refractivity contribution < 1.29 is 14.3 Å². The highest BCUT2D eigenvalue weighted by molar-refractivity contribution is 6.33. The number of carbonyl (C=O) groups is 1. The van der Waals surface area contributed by atoms with Crippen molar-refractivity contribution in [3.05, 3.63) is 28.3 Å². The molecule has 2 heterocycles. The first-order valence-electron chi connectivity index (χ1n) is 7.24. The number of amides is 1. The Morgan fingerprint density at radius 2 is 2.36 bits per heavy atom. The third-order valence-corrected chi connectivity index (χ3v) is 4.83. The number of nitriles is 1. The van der Waals surface area contributed by atoms with Crippen LogP contribution in [0.15, 0.2) is 12.1 Å². The van der Waals surface area contributed by atoms with E-state index in [9.17, 15) is 4.79 Å².